The number of hydrogen-bond donors (Lipinski definition) is 1. The third-order valence-electron chi connectivity index (χ3n) is 3.57. The fourth-order valence-corrected chi connectivity index (χ4v) is 4.65. The second-order valence-corrected chi connectivity index (χ2v) is 7.22. The molecule has 0 fully saturated rings. The molecule has 1 aliphatic carbocycles. The lowest BCUT2D eigenvalue weighted by molar-refractivity contribution is -0.115. The van der Waals surface area contributed by atoms with Gasteiger partial charge in [-0.15, -0.1) is 22.7 Å². The van der Waals surface area contributed by atoms with Crippen LogP contribution in [0.3, 0.4) is 0 Å². The van der Waals surface area contributed by atoms with Crippen LogP contribution >= 0.6 is 22.7 Å². The van der Waals surface area contributed by atoms with Gasteiger partial charge in [-0.25, -0.2) is 4.79 Å². The molecule has 0 unspecified atom stereocenters. The van der Waals surface area contributed by atoms with Gasteiger partial charge in [0.15, 0.2) is 0 Å². The van der Waals surface area contributed by atoms with Gasteiger partial charge in [0.25, 0.3) is 0 Å². The predicted molar refractivity (Wildman–Crippen MR) is 89.0 cm³/mol. The van der Waals surface area contributed by atoms with E-state index in [2.05, 4.69) is 5.32 Å². The maximum Gasteiger partial charge on any atom is 0.341 e. The average molecular weight is 335 g/mol. The molecule has 1 aliphatic rings. The Morgan fingerprint density at radius 3 is 2.95 bits per heavy atom. The van der Waals surface area contributed by atoms with Crippen molar-refractivity contribution in [3.05, 3.63) is 38.4 Å². The lowest BCUT2D eigenvalue weighted by atomic mass is 10.1. The van der Waals surface area contributed by atoms with Crippen molar-refractivity contribution in [2.75, 3.05) is 11.9 Å². The van der Waals surface area contributed by atoms with E-state index in [-0.39, 0.29) is 11.9 Å². The van der Waals surface area contributed by atoms with Crippen LogP contribution in [0.4, 0.5) is 5.00 Å². The van der Waals surface area contributed by atoms with Gasteiger partial charge >= 0.3 is 5.97 Å². The average Bonchev–Trinajstić information content (AvgIpc) is 3.15. The summed E-state index contributed by atoms with van der Waals surface area (Å²) < 4.78 is 5.16. The fraction of sp³-hybridized carbons (Fsp3) is 0.375. The number of anilines is 1. The Kier molecular flexibility index (Phi) is 4.59. The molecule has 0 saturated heterocycles. The van der Waals surface area contributed by atoms with Gasteiger partial charge < -0.3 is 10.1 Å². The largest absolute Gasteiger partial charge is 0.462 e. The van der Waals surface area contributed by atoms with E-state index < -0.39 is 0 Å². The summed E-state index contributed by atoms with van der Waals surface area (Å²) in [7, 11) is 0. The van der Waals surface area contributed by atoms with E-state index in [0.717, 1.165) is 29.7 Å². The smallest absolute Gasteiger partial charge is 0.341 e. The summed E-state index contributed by atoms with van der Waals surface area (Å²) in [5, 5.41) is 5.50. The number of amides is 1. The van der Waals surface area contributed by atoms with E-state index in [9.17, 15) is 9.59 Å². The molecular formula is C16H17NO3S2. The van der Waals surface area contributed by atoms with Crippen LogP contribution in [-0.4, -0.2) is 18.5 Å². The quantitative estimate of drug-likeness (QED) is 0.849. The first-order valence-electron chi connectivity index (χ1n) is 7.33. The molecule has 0 bridgehead atoms. The van der Waals surface area contributed by atoms with Crippen molar-refractivity contribution in [3.8, 4) is 0 Å². The number of nitrogens with one attached hydrogen (secondary N) is 1. The number of aryl methyl sites for hydroxylation is 1. The number of ether oxygens (including phenoxy) is 1. The molecule has 2 aromatic heterocycles. The summed E-state index contributed by atoms with van der Waals surface area (Å²) >= 11 is 3.07. The second-order valence-electron chi connectivity index (χ2n) is 5.09. The molecule has 0 aromatic carbocycles. The molecule has 0 spiro atoms. The van der Waals surface area contributed by atoms with Crippen molar-refractivity contribution >= 4 is 39.6 Å². The Bertz CT molecular complexity index is 689. The normalized spacial score (nSPS) is 13.0. The zero-order valence-electron chi connectivity index (χ0n) is 12.3. The first kappa shape index (κ1) is 15.2. The van der Waals surface area contributed by atoms with Gasteiger partial charge in [0, 0.05) is 9.75 Å². The van der Waals surface area contributed by atoms with E-state index in [1.54, 1.807) is 18.3 Å². The Labute approximate surface area is 137 Å². The highest BCUT2D eigenvalue weighted by molar-refractivity contribution is 7.17. The van der Waals surface area contributed by atoms with E-state index in [1.807, 2.05) is 17.5 Å². The molecule has 2 aromatic rings. The van der Waals surface area contributed by atoms with Gasteiger partial charge in [0.2, 0.25) is 5.91 Å². The monoisotopic (exact) mass is 335 g/mol. The molecule has 116 valence electrons. The number of fused-ring (bicyclic) bond motifs is 1. The minimum absolute atomic E-state index is 0.0899. The van der Waals surface area contributed by atoms with Crippen LogP contribution in [0, 0.1) is 0 Å². The van der Waals surface area contributed by atoms with E-state index in [0.29, 0.717) is 23.6 Å². The van der Waals surface area contributed by atoms with Crippen LogP contribution in [0.2, 0.25) is 0 Å². The number of hydrogen-bond acceptors (Lipinski definition) is 5. The maximum absolute atomic E-state index is 12.2. The minimum Gasteiger partial charge on any atom is -0.462 e. The third-order valence-corrected chi connectivity index (χ3v) is 5.65. The van der Waals surface area contributed by atoms with E-state index in [1.165, 1.54) is 16.2 Å². The standard InChI is InChI=1S/C16H17NO3S2/c1-2-20-16(19)14-11-6-3-7-12(11)22-15(14)17-13(18)9-10-5-4-8-21-10/h4-5,8H,2-3,6-7,9H2,1H3,(H,17,18). The summed E-state index contributed by atoms with van der Waals surface area (Å²) in [6.45, 7) is 2.13. The Balaban J connectivity index is 1.81. The predicted octanol–water partition coefficient (Wildman–Crippen LogP) is 3.66. The lowest BCUT2D eigenvalue weighted by Crippen LogP contribution is -2.16. The van der Waals surface area contributed by atoms with Crippen molar-refractivity contribution in [1.29, 1.82) is 0 Å². The van der Waals surface area contributed by atoms with Crippen LogP contribution in [0.5, 0.6) is 0 Å². The SMILES string of the molecule is CCOC(=O)c1c(NC(=O)Cc2cccs2)sc2c1CCC2. The molecule has 0 aliphatic heterocycles. The highest BCUT2D eigenvalue weighted by Crippen LogP contribution is 2.39. The maximum atomic E-state index is 12.2. The molecule has 1 amide bonds. The van der Waals surface area contributed by atoms with Crippen LogP contribution in [0.1, 0.15) is 39.0 Å². The number of carbonyl (C=O) groups excluding carboxylic acids is 2. The van der Waals surface area contributed by atoms with Crippen molar-refractivity contribution in [3.63, 3.8) is 0 Å². The van der Waals surface area contributed by atoms with Crippen LogP contribution < -0.4 is 5.32 Å². The molecule has 0 radical (unpaired) electrons. The van der Waals surface area contributed by atoms with Gasteiger partial charge in [-0.3, -0.25) is 4.79 Å². The van der Waals surface area contributed by atoms with Gasteiger partial charge in [-0.05, 0) is 43.2 Å². The molecule has 0 saturated carbocycles. The number of rotatable bonds is 5. The van der Waals surface area contributed by atoms with E-state index in [4.69, 9.17) is 4.74 Å². The molecular weight excluding hydrogens is 318 g/mol. The second kappa shape index (κ2) is 6.62. The summed E-state index contributed by atoms with van der Waals surface area (Å²) in [5.74, 6) is -0.416. The number of esters is 1. The molecule has 6 heteroatoms. The van der Waals surface area contributed by atoms with Gasteiger partial charge in [0.1, 0.15) is 5.00 Å². The Hall–Kier alpha value is -1.66. The van der Waals surface area contributed by atoms with Crippen LogP contribution in [0.25, 0.3) is 0 Å². The summed E-state index contributed by atoms with van der Waals surface area (Å²) in [6.07, 6.45) is 3.27. The highest BCUT2D eigenvalue weighted by Gasteiger charge is 2.28. The van der Waals surface area contributed by atoms with Crippen molar-refractivity contribution in [2.45, 2.75) is 32.6 Å². The number of carbonyl (C=O) groups is 2. The molecule has 1 N–H and O–H groups in total. The third kappa shape index (κ3) is 3.08. The lowest BCUT2D eigenvalue weighted by Gasteiger charge is -2.07. The fourth-order valence-electron chi connectivity index (χ4n) is 2.65. The summed E-state index contributed by atoms with van der Waals surface area (Å²) in [5.41, 5.74) is 1.63. The zero-order chi connectivity index (χ0) is 15.5. The first-order chi connectivity index (χ1) is 10.7. The first-order valence-corrected chi connectivity index (χ1v) is 9.02. The van der Waals surface area contributed by atoms with E-state index >= 15 is 0 Å². The molecule has 0 atom stereocenters. The van der Waals surface area contributed by atoms with Crippen molar-refractivity contribution in [2.24, 2.45) is 0 Å². The van der Waals surface area contributed by atoms with Gasteiger partial charge in [-0.1, -0.05) is 6.07 Å². The van der Waals surface area contributed by atoms with Crippen molar-refractivity contribution < 1.29 is 14.3 Å². The zero-order valence-corrected chi connectivity index (χ0v) is 13.9. The number of thiophene rings is 2. The van der Waals surface area contributed by atoms with Crippen LogP contribution in [0.15, 0.2) is 17.5 Å². The Morgan fingerprint density at radius 1 is 1.36 bits per heavy atom. The van der Waals surface area contributed by atoms with Crippen LogP contribution in [-0.2, 0) is 28.8 Å². The van der Waals surface area contributed by atoms with Gasteiger partial charge in [0.05, 0.1) is 18.6 Å². The Morgan fingerprint density at radius 2 is 2.23 bits per heavy atom. The van der Waals surface area contributed by atoms with Gasteiger partial charge in [-0.2, -0.15) is 0 Å². The summed E-state index contributed by atoms with van der Waals surface area (Å²) in [4.78, 5) is 26.6. The molecule has 2 heterocycles. The summed E-state index contributed by atoms with van der Waals surface area (Å²) in [6, 6.07) is 3.86. The topological polar surface area (TPSA) is 55.4 Å². The van der Waals surface area contributed by atoms with Crippen molar-refractivity contribution in [1.82, 2.24) is 0 Å². The molecule has 4 nitrogen and oxygen atoms in total. The molecule has 22 heavy (non-hydrogen) atoms. The minimum atomic E-state index is -0.326. The highest BCUT2D eigenvalue weighted by atomic mass is 32.1. The molecule has 3 rings (SSSR count).